The molecule has 4 N–H and O–H groups in total. The summed E-state index contributed by atoms with van der Waals surface area (Å²) in [6, 6.07) is 13.3. The molecule has 1 fully saturated rings. The quantitative estimate of drug-likeness (QED) is 0.388. The summed E-state index contributed by atoms with van der Waals surface area (Å²) in [4.78, 5) is 17.8. The number of anilines is 2. The number of aryl methyl sites for hydroxylation is 1. The predicted octanol–water partition coefficient (Wildman–Crippen LogP) is 4.63. The number of hydrogen-bond acceptors (Lipinski definition) is 6. The fourth-order valence-corrected chi connectivity index (χ4v) is 3.99. The Morgan fingerprint density at radius 1 is 1.12 bits per heavy atom. The number of amides is 1. The summed E-state index contributed by atoms with van der Waals surface area (Å²) in [7, 11) is 0. The van der Waals surface area contributed by atoms with Crippen LogP contribution in [0.15, 0.2) is 48.5 Å². The molecular weight excluding hydrogens is 430 g/mol. The molecule has 2 heterocycles. The number of alkyl halides is 2. The fraction of sp³-hybridized carbons (Fsp3) is 0.208. The van der Waals surface area contributed by atoms with Crippen LogP contribution < -0.4 is 20.5 Å². The summed E-state index contributed by atoms with van der Waals surface area (Å²) in [6.07, 6.45) is -1.37. The number of nitrogen functional groups attached to an aromatic ring is 1. The van der Waals surface area contributed by atoms with E-state index in [-0.39, 0.29) is 17.4 Å². The maximum Gasteiger partial charge on any atom is 0.586 e. The second kappa shape index (κ2) is 7.26. The monoisotopic (exact) mass is 450 g/mol. The van der Waals surface area contributed by atoms with Crippen LogP contribution in [0.1, 0.15) is 29.5 Å². The number of benzene rings is 2. The molecule has 9 heteroatoms. The van der Waals surface area contributed by atoms with Crippen molar-refractivity contribution in [2.24, 2.45) is 0 Å². The van der Waals surface area contributed by atoms with Crippen molar-refractivity contribution in [2.75, 3.05) is 11.1 Å². The third-order valence-electron chi connectivity index (χ3n) is 5.99. The number of carbonyl (C=O) groups is 1. The molecule has 0 spiro atoms. The highest BCUT2D eigenvalue weighted by atomic mass is 19.3. The molecule has 5 rings (SSSR count). The number of nitrogens with two attached hydrogens (primary N) is 1. The first kappa shape index (κ1) is 20.9. The Hall–Kier alpha value is -4.01. The molecule has 1 saturated carbocycles. The van der Waals surface area contributed by atoms with E-state index in [2.05, 4.69) is 19.8 Å². The summed E-state index contributed by atoms with van der Waals surface area (Å²) in [5.74, 6) is -0.0458. The van der Waals surface area contributed by atoms with Gasteiger partial charge in [0.1, 0.15) is 5.82 Å². The summed E-state index contributed by atoms with van der Waals surface area (Å²) in [5, 5.41) is 10.4. The summed E-state index contributed by atoms with van der Waals surface area (Å²) in [6.45, 7) is 1.90. The standard InChI is InChI=1S/C24H20F2N4O3/c1-13-2-7-20(29-21(13)14-3-5-17(28)15(10-14)12-27)30-22(31)23(8-9-23)16-4-6-18-19(11-16)33-24(25,26)32-18/h2-7,10-12,27H,8-9,28H2,1H3,(H,29,30,31). The van der Waals surface area contributed by atoms with Gasteiger partial charge in [0, 0.05) is 23.0 Å². The molecule has 7 nitrogen and oxygen atoms in total. The third kappa shape index (κ3) is 3.65. The van der Waals surface area contributed by atoms with Crippen molar-refractivity contribution in [3.63, 3.8) is 0 Å². The molecule has 33 heavy (non-hydrogen) atoms. The van der Waals surface area contributed by atoms with Crippen LogP contribution in [0.2, 0.25) is 0 Å². The minimum atomic E-state index is -3.71. The Balaban J connectivity index is 1.41. The fourth-order valence-electron chi connectivity index (χ4n) is 3.99. The number of nitrogens with one attached hydrogen (secondary N) is 2. The molecule has 0 bridgehead atoms. The highest BCUT2D eigenvalue weighted by molar-refractivity contribution is 6.01. The Morgan fingerprint density at radius 2 is 1.88 bits per heavy atom. The Bertz CT molecular complexity index is 1300. The first-order valence-electron chi connectivity index (χ1n) is 10.3. The number of nitrogens with zero attached hydrogens (tertiary/aromatic N) is 1. The van der Waals surface area contributed by atoms with Gasteiger partial charge >= 0.3 is 6.29 Å². The smallest absolute Gasteiger partial charge is 0.398 e. The molecular formula is C24H20F2N4O3. The number of aromatic nitrogens is 1. The van der Waals surface area contributed by atoms with Gasteiger partial charge in [-0.15, -0.1) is 8.78 Å². The van der Waals surface area contributed by atoms with Gasteiger partial charge in [-0.25, -0.2) is 4.98 Å². The lowest BCUT2D eigenvalue weighted by molar-refractivity contribution is -0.286. The Labute approximate surface area is 188 Å². The van der Waals surface area contributed by atoms with Gasteiger partial charge < -0.3 is 25.9 Å². The van der Waals surface area contributed by atoms with E-state index in [0.29, 0.717) is 41.2 Å². The summed E-state index contributed by atoms with van der Waals surface area (Å²) in [5.41, 5.74) is 9.03. The van der Waals surface area contributed by atoms with E-state index >= 15 is 0 Å². The summed E-state index contributed by atoms with van der Waals surface area (Å²) >= 11 is 0. The zero-order valence-electron chi connectivity index (χ0n) is 17.6. The van der Waals surface area contributed by atoms with Crippen LogP contribution >= 0.6 is 0 Å². The Morgan fingerprint density at radius 3 is 2.61 bits per heavy atom. The largest absolute Gasteiger partial charge is 0.586 e. The number of fused-ring (bicyclic) bond motifs is 1. The van der Waals surface area contributed by atoms with Crippen LogP contribution in [-0.4, -0.2) is 23.4 Å². The summed E-state index contributed by atoms with van der Waals surface area (Å²) < 4.78 is 35.7. The number of halogens is 2. The number of ether oxygens (including phenoxy) is 2. The van der Waals surface area contributed by atoms with Crippen molar-refractivity contribution < 1.29 is 23.0 Å². The number of carbonyl (C=O) groups excluding carboxylic acids is 1. The van der Waals surface area contributed by atoms with Crippen LogP contribution in [0, 0.1) is 12.3 Å². The highest BCUT2D eigenvalue weighted by Crippen LogP contribution is 2.52. The molecule has 1 aliphatic heterocycles. The van der Waals surface area contributed by atoms with Gasteiger partial charge in [0.05, 0.1) is 11.1 Å². The van der Waals surface area contributed by atoms with Crippen LogP contribution in [0.25, 0.3) is 11.3 Å². The molecule has 0 radical (unpaired) electrons. The van der Waals surface area contributed by atoms with Gasteiger partial charge in [0.15, 0.2) is 11.5 Å². The van der Waals surface area contributed by atoms with Crippen LogP contribution in [0.3, 0.4) is 0 Å². The third-order valence-corrected chi connectivity index (χ3v) is 5.99. The zero-order chi connectivity index (χ0) is 23.4. The van der Waals surface area contributed by atoms with E-state index in [1.807, 2.05) is 19.1 Å². The topological polar surface area (TPSA) is 110 Å². The van der Waals surface area contributed by atoms with Crippen molar-refractivity contribution >= 4 is 23.6 Å². The predicted molar refractivity (Wildman–Crippen MR) is 119 cm³/mol. The maximum atomic E-state index is 13.4. The van der Waals surface area contributed by atoms with E-state index in [4.69, 9.17) is 11.1 Å². The SMILES string of the molecule is Cc1ccc(NC(=O)C2(c3ccc4c(c3)OC(F)(F)O4)CC2)nc1-c1ccc(N)c(C=N)c1. The van der Waals surface area contributed by atoms with E-state index < -0.39 is 11.7 Å². The lowest BCUT2D eigenvalue weighted by Crippen LogP contribution is -2.28. The Kier molecular flexibility index (Phi) is 4.59. The molecule has 2 aromatic carbocycles. The average molecular weight is 450 g/mol. The van der Waals surface area contributed by atoms with Gasteiger partial charge in [-0.3, -0.25) is 4.79 Å². The molecule has 0 unspecified atom stereocenters. The van der Waals surface area contributed by atoms with E-state index in [1.54, 1.807) is 24.3 Å². The minimum absolute atomic E-state index is 0.0578. The first-order valence-corrected chi connectivity index (χ1v) is 10.3. The van der Waals surface area contributed by atoms with Gasteiger partial charge in [0.2, 0.25) is 5.91 Å². The van der Waals surface area contributed by atoms with Crippen molar-refractivity contribution in [3.05, 3.63) is 65.2 Å². The van der Waals surface area contributed by atoms with E-state index in [1.165, 1.54) is 18.3 Å². The zero-order valence-corrected chi connectivity index (χ0v) is 17.6. The number of pyridine rings is 1. The lowest BCUT2D eigenvalue weighted by atomic mass is 9.94. The van der Waals surface area contributed by atoms with Crippen molar-refractivity contribution in [2.45, 2.75) is 31.5 Å². The molecule has 1 aliphatic carbocycles. The van der Waals surface area contributed by atoms with E-state index in [9.17, 15) is 13.6 Å². The average Bonchev–Trinajstić information content (AvgIpc) is 3.52. The molecule has 1 aromatic heterocycles. The van der Waals surface area contributed by atoms with Gasteiger partial charge in [-0.2, -0.15) is 0 Å². The van der Waals surface area contributed by atoms with Crippen molar-refractivity contribution in [1.82, 2.24) is 4.98 Å². The minimum Gasteiger partial charge on any atom is -0.398 e. The highest BCUT2D eigenvalue weighted by Gasteiger charge is 2.53. The molecule has 1 amide bonds. The lowest BCUT2D eigenvalue weighted by Gasteiger charge is -2.17. The molecule has 0 atom stereocenters. The van der Waals surface area contributed by atoms with Crippen LogP contribution in [-0.2, 0) is 10.2 Å². The second-order valence-corrected chi connectivity index (χ2v) is 8.22. The molecule has 2 aliphatic rings. The van der Waals surface area contributed by atoms with Crippen molar-refractivity contribution in [3.8, 4) is 22.8 Å². The van der Waals surface area contributed by atoms with Crippen molar-refractivity contribution in [1.29, 1.82) is 5.41 Å². The van der Waals surface area contributed by atoms with Gasteiger partial charge in [0.25, 0.3) is 0 Å². The van der Waals surface area contributed by atoms with Crippen LogP contribution in [0.5, 0.6) is 11.5 Å². The van der Waals surface area contributed by atoms with Crippen LogP contribution in [0.4, 0.5) is 20.3 Å². The molecule has 3 aromatic rings. The normalized spacial score (nSPS) is 16.8. The maximum absolute atomic E-state index is 13.4. The first-order chi connectivity index (χ1) is 15.7. The van der Waals surface area contributed by atoms with E-state index in [0.717, 1.165) is 11.1 Å². The number of hydrogen-bond donors (Lipinski definition) is 3. The molecule has 168 valence electrons. The molecule has 0 saturated heterocycles. The van der Waals surface area contributed by atoms with Gasteiger partial charge in [-0.1, -0.05) is 18.2 Å². The number of rotatable bonds is 5. The second-order valence-electron chi connectivity index (χ2n) is 8.22. The van der Waals surface area contributed by atoms with Gasteiger partial charge in [-0.05, 0) is 61.2 Å².